The Labute approximate surface area is 154 Å². The van der Waals surface area contributed by atoms with Crippen LogP contribution in [0.3, 0.4) is 0 Å². The van der Waals surface area contributed by atoms with Gasteiger partial charge >= 0.3 is 0 Å². The molecule has 1 saturated heterocycles. The van der Waals surface area contributed by atoms with Gasteiger partial charge in [0.05, 0.1) is 5.92 Å². The van der Waals surface area contributed by atoms with E-state index in [0.717, 1.165) is 21.3 Å². The number of anilines is 2. The highest BCUT2D eigenvalue weighted by Gasteiger charge is 2.35. The molecule has 2 aromatic rings. The Hall–Kier alpha value is -2.21. The molecule has 1 heterocycles. The second-order valence-electron chi connectivity index (χ2n) is 6.29. The van der Waals surface area contributed by atoms with Crippen molar-refractivity contribution in [2.45, 2.75) is 20.3 Å². The van der Waals surface area contributed by atoms with Crippen LogP contribution in [0.2, 0.25) is 0 Å². The number of hydrogen-bond acceptors (Lipinski definition) is 2. The Morgan fingerprint density at radius 1 is 1.20 bits per heavy atom. The molecule has 130 valence electrons. The average molecular weight is 405 g/mol. The van der Waals surface area contributed by atoms with Crippen molar-refractivity contribution in [2.75, 3.05) is 16.8 Å². The largest absolute Gasteiger partial charge is 0.325 e. The normalized spacial score (nSPS) is 17.0. The summed E-state index contributed by atoms with van der Waals surface area (Å²) in [5.41, 5.74) is 3.30. The fourth-order valence-corrected chi connectivity index (χ4v) is 3.77. The molecule has 1 atom stereocenters. The van der Waals surface area contributed by atoms with E-state index in [1.807, 2.05) is 26.0 Å². The second kappa shape index (κ2) is 6.96. The van der Waals surface area contributed by atoms with E-state index >= 15 is 0 Å². The molecule has 2 aromatic carbocycles. The van der Waals surface area contributed by atoms with Gasteiger partial charge in [0.15, 0.2) is 0 Å². The van der Waals surface area contributed by atoms with Crippen LogP contribution >= 0.6 is 15.9 Å². The van der Waals surface area contributed by atoms with E-state index in [4.69, 9.17) is 0 Å². The summed E-state index contributed by atoms with van der Waals surface area (Å²) in [5, 5.41) is 2.95. The predicted octanol–water partition coefficient (Wildman–Crippen LogP) is 4.20. The first kappa shape index (κ1) is 17.6. The van der Waals surface area contributed by atoms with E-state index in [1.54, 1.807) is 12.1 Å². The van der Waals surface area contributed by atoms with Crippen LogP contribution in [0.25, 0.3) is 0 Å². The number of aryl methyl sites for hydroxylation is 2. The number of carbonyl (C=O) groups excluding carboxylic acids is 2. The van der Waals surface area contributed by atoms with Crippen molar-refractivity contribution in [2.24, 2.45) is 5.92 Å². The van der Waals surface area contributed by atoms with Crippen LogP contribution in [-0.2, 0) is 9.59 Å². The first-order valence-electron chi connectivity index (χ1n) is 7.98. The van der Waals surface area contributed by atoms with Crippen LogP contribution in [0.5, 0.6) is 0 Å². The smallest absolute Gasteiger partial charge is 0.229 e. The molecular weight excluding hydrogens is 387 g/mol. The van der Waals surface area contributed by atoms with Crippen molar-refractivity contribution >= 4 is 39.1 Å². The van der Waals surface area contributed by atoms with Crippen molar-refractivity contribution in [3.8, 4) is 0 Å². The molecule has 0 bridgehead atoms. The highest BCUT2D eigenvalue weighted by molar-refractivity contribution is 9.10. The fourth-order valence-electron chi connectivity index (χ4n) is 3.09. The standard InChI is InChI=1S/C19H18BrFN2O2/c1-11-7-14(20)8-12(2)18(11)22-19(25)13-9-17(24)23(10-13)16-5-3-15(21)4-6-16/h3-8,13H,9-10H2,1-2H3,(H,22,25)/t13-/m0/s1. The molecule has 0 radical (unpaired) electrons. The van der Waals surface area contributed by atoms with Gasteiger partial charge in [-0.2, -0.15) is 0 Å². The molecule has 0 aliphatic carbocycles. The lowest BCUT2D eigenvalue weighted by molar-refractivity contribution is -0.122. The summed E-state index contributed by atoms with van der Waals surface area (Å²) in [5.74, 6) is -1.09. The number of carbonyl (C=O) groups is 2. The average Bonchev–Trinajstić information content (AvgIpc) is 2.93. The van der Waals surface area contributed by atoms with Gasteiger partial charge in [-0.1, -0.05) is 15.9 Å². The molecule has 25 heavy (non-hydrogen) atoms. The van der Waals surface area contributed by atoms with Crippen LogP contribution in [0.4, 0.5) is 15.8 Å². The van der Waals surface area contributed by atoms with Crippen molar-refractivity contribution in [1.29, 1.82) is 0 Å². The third-order valence-electron chi connectivity index (χ3n) is 4.38. The number of rotatable bonds is 3. The van der Waals surface area contributed by atoms with Crippen molar-refractivity contribution < 1.29 is 14.0 Å². The molecule has 0 aromatic heterocycles. The first-order chi connectivity index (χ1) is 11.8. The van der Waals surface area contributed by atoms with Gasteiger partial charge in [-0.25, -0.2) is 4.39 Å². The lowest BCUT2D eigenvalue weighted by Gasteiger charge is -2.17. The lowest BCUT2D eigenvalue weighted by Crippen LogP contribution is -2.28. The zero-order valence-electron chi connectivity index (χ0n) is 14.0. The maximum absolute atomic E-state index is 13.1. The molecular formula is C19H18BrFN2O2. The molecule has 1 aliphatic heterocycles. The molecule has 4 nitrogen and oxygen atoms in total. The maximum atomic E-state index is 13.1. The lowest BCUT2D eigenvalue weighted by atomic mass is 10.1. The van der Waals surface area contributed by atoms with E-state index in [9.17, 15) is 14.0 Å². The Balaban J connectivity index is 1.74. The first-order valence-corrected chi connectivity index (χ1v) is 8.78. The number of hydrogen-bond donors (Lipinski definition) is 1. The van der Waals surface area contributed by atoms with Gasteiger partial charge in [0.2, 0.25) is 11.8 Å². The SMILES string of the molecule is Cc1cc(Br)cc(C)c1NC(=O)[C@H]1CC(=O)N(c2ccc(F)cc2)C1. The van der Waals surface area contributed by atoms with Gasteiger partial charge in [0, 0.05) is 28.8 Å². The Bertz CT molecular complexity index is 813. The van der Waals surface area contributed by atoms with Crippen LogP contribution in [0, 0.1) is 25.6 Å². The van der Waals surface area contributed by atoms with Crippen molar-refractivity contribution in [3.63, 3.8) is 0 Å². The third-order valence-corrected chi connectivity index (χ3v) is 4.84. The van der Waals surface area contributed by atoms with Gasteiger partial charge in [-0.3, -0.25) is 9.59 Å². The molecule has 0 spiro atoms. The molecule has 0 saturated carbocycles. The van der Waals surface area contributed by atoms with Crippen LogP contribution in [0.1, 0.15) is 17.5 Å². The molecule has 2 amide bonds. The van der Waals surface area contributed by atoms with Gasteiger partial charge in [-0.15, -0.1) is 0 Å². The number of benzene rings is 2. The van der Waals surface area contributed by atoms with Gasteiger partial charge < -0.3 is 10.2 Å². The van der Waals surface area contributed by atoms with Gasteiger partial charge in [-0.05, 0) is 61.4 Å². The van der Waals surface area contributed by atoms with Crippen LogP contribution < -0.4 is 10.2 Å². The van der Waals surface area contributed by atoms with E-state index in [2.05, 4.69) is 21.2 Å². The molecule has 3 rings (SSSR count). The van der Waals surface area contributed by atoms with Crippen LogP contribution in [-0.4, -0.2) is 18.4 Å². The molecule has 1 N–H and O–H groups in total. The predicted molar refractivity (Wildman–Crippen MR) is 99.1 cm³/mol. The molecule has 6 heteroatoms. The van der Waals surface area contributed by atoms with E-state index < -0.39 is 5.92 Å². The summed E-state index contributed by atoms with van der Waals surface area (Å²) < 4.78 is 14.0. The van der Waals surface area contributed by atoms with Crippen molar-refractivity contribution in [1.82, 2.24) is 0 Å². The second-order valence-corrected chi connectivity index (χ2v) is 7.20. The minimum absolute atomic E-state index is 0.129. The van der Waals surface area contributed by atoms with E-state index in [1.165, 1.54) is 17.0 Å². The summed E-state index contributed by atoms with van der Waals surface area (Å²) >= 11 is 3.44. The highest BCUT2D eigenvalue weighted by Crippen LogP contribution is 2.29. The Kier molecular flexibility index (Phi) is 4.90. The minimum Gasteiger partial charge on any atom is -0.325 e. The summed E-state index contributed by atoms with van der Waals surface area (Å²) in [6.07, 6.45) is 0.151. The number of nitrogens with zero attached hydrogens (tertiary/aromatic N) is 1. The van der Waals surface area contributed by atoms with E-state index in [0.29, 0.717) is 12.2 Å². The number of nitrogens with one attached hydrogen (secondary N) is 1. The third kappa shape index (κ3) is 3.74. The quantitative estimate of drug-likeness (QED) is 0.833. The summed E-state index contributed by atoms with van der Waals surface area (Å²) in [4.78, 5) is 26.4. The van der Waals surface area contributed by atoms with Gasteiger partial charge in [0.1, 0.15) is 5.82 Å². The maximum Gasteiger partial charge on any atom is 0.229 e. The topological polar surface area (TPSA) is 49.4 Å². The summed E-state index contributed by atoms with van der Waals surface area (Å²) in [7, 11) is 0. The fraction of sp³-hybridized carbons (Fsp3) is 0.263. The molecule has 1 fully saturated rings. The number of halogens is 2. The van der Waals surface area contributed by atoms with Crippen molar-refractivity contribution in [3.05, 3.63) is 57.8 Å². The zero-order chi connectivity index (χ0) is 18.1. The Morgan fingerprint density at radius 3 is 2.40 bits per heavy atom. The molecule has 1 aliphatic rings. The summed E-state index contributed by atoms with van der Waals surface area (Å²) in [6, 6.07) is 9.60. The molecule has 0 unspecified atom stereocenters. The summed E-state index contributed by atoms with van der Waals surface area (Å²) in [6.45, 7) is 4.15. The Morgan fingerprint density at radius 2 is 1.80 bits per heavy atom. The zero-order valence-corrected chi connectivity index (χ0v) is 15.6. The number of amides is 2. The monoisotopic (exact) mass is 404 g/mol. The van der Waals surface area contributed by atoms with Gasteiger partial charge in [0.25, 0.3) is 0 Å². The van der Waals surface area contributed by atoms with Crippen LogP contribution in [0.15, 0.2) is 40.9 Å². The highest BCUT2D eigenvalue weighted by atomic mass is 79.9. The van der Waals surface area contributed by atoms with E-state index in [-0.39, 0.29) is 24.1 Å². The minimum atomic E-state index is -0.431.